The number of fused-ring (bicyclic) bond motifs is 1. The van der Waals surface area contributed by atoms with Crippen LogP contribution in [0, 0.1) is 12.8 Å². The van der Waals surface area contributed by atoms with Crippen molar-refractivity contribution in [1.29, 1.82) is 0 Å². The van der Waals surface area contributed by atoms with Crippen LogP contribution < -0.4 is 0 Å². The van der Waals surface area contributed by atoms with Crippen LogP contribution in [0.25, 0.3) is 12.3 Å². The van der Waals surface area contributed by atoms with Gasteiger partial charge in [0.1, 0.15) is 18.1 Å². The van der Waals surface area contributed by atoms with Gasteiger partial charge in [-0.15, -0.1) is 0 Å². The topological polar surface area (TPSA) is 39.4 Å². The number of hydrogen-bond acceptors (Lipinski definition) is 3. The van der Waals surface area contributed by atoms with Crippen molar-refractivity contribution in [2.24, 2.45) is 10.9 Å². The van der Waals surface area contributed by atoms with Crippen molar-refractivity contribution in [3.63, 3.8) is 0 Å². The lowest BCUT2D eigenvalue weighted by molar-refractivity contribution is -0.159. The summed E-state index contributed by atoms with van der Waals surface area (Å²) in [7, 11) is 0. The summed E-state index contributed by atoms with van der Waals surface area (Å²) in [5, 5.41) is 0. The summed E-state index contributed by atoms with van der Waals surface area (Å²) in [6.07, 6.45) is 2.71. The molecule has 28 heavy (non-hydrogen) atoms. The molecule has 0 radical (unpaired) electrons. The largest absolute Gasteiger partial charge is 0.395 e. The molecule has 0 fully saturated rings. The van der Waals surface area contributed by atoms with Crippen molar-refractivity contribution in [2.75, 3.05) is 13.2 Å². The smallest absolute Gasteiger partial charge is 0.371 e. The summed E-state index contributed by atoms with van der Waals surface area (Å²) < 4.78 is 69.5. The Balaban J connectivity index is 2.29. The van der Waals surface area contributed by atoms with Gasteiger partial charge in [0.15, 0.2) is 0 Å². The minimum Gasteiger partial charge on any atom is -0.371 e. The molecule has 1 aliphatic rings. The minimum atomic E-state index is -4.33. The lowest BCUT2D eigenvalue weighted by Crippen LogP contribution is -2.20. The van der Waals surface area contributed by atoms with Crippen LogP contribution >= 0.6 is 0 Å². The third kappa shape index (κ3) is 5.72. The Morgan fingerprint density at radius 2 is 2.21 bits per heavy atom. The Morgan fingerprint density at radius 3 is 2.86 bits per heavy atom. The molecule has 0 aromatic carbocycles. The first-order valence-electron chi connectivity index (χ1n) is 8.46. The molecule has 0 aliphatic carbocycles. The maximum atomic E-state index is 13.0. The van der Waals surface area contributed by atoms with E-state index in [1.165, 1.54) is 30.6 Å². The highest BCUT2D eigenvalue weighted by Crippen LogP contribution is 2.32. The molecule has 1 unspecified atom stereocenters. The molecule has 0 saturated carbocycles. The molecule has 1 aliphatic heterocycles. The first-order chi connectivity index (χ1) is 13.2. The van der Waals surface area contributed by atoms with Crippen LogP contribution in [-0.4, -0.2) is 41.1 Å². The lowest BCUT2D eigenvalue weighted by Gasteiger charge is -2.16. The highest BCUT2D eigenvalue weighted by molar-refractivity contribution is 6.08. The quantitative estimate of drug-likeness (QED) is 0.365. The van der Waals surface area contributed by atoms with Crippen molar-refractivity contribution in [3.8, 4) is 0 Å². The van der Waals surface area contributed by atoms with Crippen LogP contribution in [0.15, 0.2) is 42.1 Å². The fraction of sp³-hybridized carbons (Fsp3) is 0.368. The number of halogens is 5. The molecule has 0 amide bonds. The molecule has 2 rings (SSSR count). The number of alkyl halides is 5. The average molecular weight is 401 g/mol. The van der Waals surface area contributed by atoms with E-state index in [4.69, 9.17) is 4.74 Å². The maximum absolute atomic E-state index is 13.0. The average Bonchev–Trinajstić information content (AvgIpc) is 2.87. The van der Waals surface area contributed by atoms with E-state index in [1.54, 1.807) is 17.6 Å². The SMILES string of the molecule is C=CN=C(/C=C\COCC(F)F)c1nc2n(c1C)C=CC(C(F)(F)F)CC=C2. The van der Waals surface area contributed by atoms with Crippen LogP contribution in [0.1, 0.15) is 23.6 Å². The Hall–Kier alpha value is -2.55. The molecular formula is C19H20F5N3O. The second kappa shape index (κ2) is 9.59. The highest BCUT2D eigenvalue weighted by atomic mass is 19.4. The molecule has 0 bridgehead atoms. The van der Waals surface area contributed by atoms with Crippen LogP contribution in [0.2, 0.25) is 0 Å². The maximum Gasteiger partial charge on any atom is 0.395 e. The normalized spacial score (nSPS) is 17.8. The van der Waals surface area contributed by atoms with E-state index in [9.17, 15) is 22.0 Å². The number of rotatable bonds is 7. The minimum absolute atomic E-state index is 0.0415. The predicted molar refractivity (Wildman–Crippen MR) is 98.2 cm³/mol. The van der Waals surface area contributed by atoms with Gasteiger partial charge in [-0.05, 0) is 25.5 Å². The molecule has 0 N–H and O–H groups in total. The van der Waals surface area contributed by atoms with E-state index in [2.05, 4.69) is 16.6 Å². The second-order valence-electron chi connectivity index (χ2n) is 5.93. The van der Waals surface area contributed by atoms with Crippen molar-refractivity contribution >= 4 is 18.0 Å². The van der Waals surface area contributed by atoms with Gasteiger partial charge >= 0.3 is 6.18 Å². The second-order valence-corrected chi connectivity index (χ2v) is 5.93. The Morgan fingerprint density at radius 1 is 1.46 bits per heavy atom. The zero-order valence-electron chi connectivity index (χ0n) is 15.2. The molecule has 152 valence electrons. The predicted octanol–water partition coefficient (Wildman–Crippen LogP) is 5.03. The molecule has 0 saturated heterocycles. The Kier molecular flexibility index (Phi) is 7.45. The number of hydrogen-bond donors (Lipinski definition) is 0. The summed E-state index contributed by atoms with van der Waals surface area (Å²) in [5.41, 5.74) is 1.42. The summed E-state index contributed by atoms with van der Waals surface area (Å²) in [6, 6.07) is 0. The van der Waals surface area contributed by atoms with Gasteiger partial charge in [0, 0.05) is 18.1 Å². The van der Waals surface area contributed by atoms with Gasteiger partial charge in [-0.3, -0.25) is 4.99 Å². The van der Waals surface area contributed by atoms with Gasteiger partial charge in [0.25, 0.3) is 6.43 Å². The number of imidazole rings is 1. The lowest BCUT2D eigenvalue weighted by atomic mass is 10.0. The molecule has 1 atom stereocenters. The third-order valence-corrected chi connectivity index (χ3v) is 3.93. The molecule has 2 heterocycles. The fourth-order valence-corrected chi connectivity index (χ4v) is 2.58. The van der Waals surface area contributed by atoms with Crippen LogP contribution in [0.3, 0.4) is 0 Å². The number of ether oxygens (including phenoxy) is 1. The molecule has 4 nitrogen and oxygen atoms in total. The van der Waals surface area contributed by atoms with Crippen LogP contribution in [0.5, 0.6) is 0 Å². The fourth-order valence-electron chi connectivity index (χ4n) is 2.58. The first-order valence-corrected chi connectivity index (χ1v) is 8.46. The van der Waals surface area contributed by atoms with E-state index in [0.717, 1.165) is 6.08 Å². The van der Waals surface area contributed by atoms with E-state index < -0.39 is 25.1 Å². The van der Waals surface area contributed by atoms with Gasteiger partial charge in [-0.2, -0.15) is 13.2 Å². The number of nitrogens with zero attached hydrogens (tertiary/aromatic N) is 3. The van der Waals surface area contributed by atoms with Crippen molar-refractivity contribution in [3.05, 3.63) is 54.3 Å². The number of allylic oxidation sites excluding steroid dienone is 3. The van der Waals surface area contributed by atoms with Gasteiger partial charge in [-0.1, -0.05) is 24.8 Å². The Bertz CT molecular complexity index is 803. The molecule has 1 aromatic heterocycles. The third-order valence-electron chi connectivity index (χ3n) is 3.93. The van der Waals surface area contributed by atoms with Crippen molar-refractivity contribution < 1.29 is 26.7 Å². The van der Waals surface area contributed by atoms with E-state index >= 15 is 0 Å². The molecular weight excluding hydrogens is 381 g/mol. The highest BCUT2D eigenvalue weighted by Gasteiger charge is 2.37. The van der Waals surface area contributed by atoms with Crippen LogP contribution in [0.4, 0.5) is 22.0 Å². The summed E-state index contributed by atoms with van der Waals surface area (Å²) >= 11 is 0. The van der Waals surface area contributed by atoms with Gasteiger partial charge in [0.2, 0.25) is 0 Å². The summed E-state index contributed by atoms with van der Waals surface area (Å²) in [4.78, 5) is 8.56. The standard InChI is InChI=1S/C19H20F5N3O/c1-3-25-15(7-5-11-28-12-16(20)21)18-13(2)27-10-9-14(19(22,23)24)6-4-8-17(27)26-18/h3-5,7-10,14,16H,1,6,11-12H2,2H3/b7-5-,8-4?,10-9?,25-15?. The van der Waals surface area contributed by atoms with Gasteiger partial charge in [-0.25, -0.2) is 13.8 Å². The Labute approximate surface area is 159 Å². The zero-order valence-corrected chi connectivity index (χ0v) is 15.2. The molecule has 1 aromatic rings. The molecule has 9 heteroatoms. The monoisotopic (exact) mass is 401 g/mol. The van der Waals surface area contributed by atoms with Crippen LogP contribution in [-0.2, 0) is 4.74 Å². The van der Waals surface area contributed by atoms with E-state index in [0.29, 0.717) is 22.9 Å². The van der Waals surface area contributed by atoms with Crippen molar-refractivity contribution in [1.82, 2.24) is 9.55 Å². The van der Waals surface area contributed by atoms with E-state index in [-0.39, 0.29) is 13.0 Å². The van der Waals surface area contributed by atoms with Crippen molar-refractivity contribution in [2.45, 2.75) is 25.9 Å². The van der Waals surface area contributed by atoms with E-state index in [1.807, 2.05) is 0 Å². The van der Waals surface area contributed by atoms with Gasteiger partial charge < -0.3 is 9.30 Å². The number of aliphatic imine (C=N–C) groups is 1. The number of aromatic nitrogens is 2. The summed E-state index contributed by atoms with van der Waals surface area (Å²) in [6.45, 7) is 4.52. The summed E-state index contributed by atoms with van der Waals surface area (Å²) in [5.74, 6) is -1.11. The zero-order chi connectivity index (χ0) is 20.7. The molecule has 0 spiro atoms. The first kappa shape index (κ1) is 21.7. The van der Waals surface area contributed by atoms with Gasteiger partial charge in [0.05, 0.1) is 18.2 Å².